The van der Waals surface area contributed by atoms with Crippen LogP contribution in [0.3, 0.4) is 0 Å². The molecule has 0 aromatic rings. The molecule has 0 amide bonds. The Morgan fingerprint density at radius 1 is 0.923 bits per heavy atom. The lowest BCUT2D eigenvalue weighted by molar-refractivity contribution is 1.15. The van der Waals surface area contributed by atoms with Crippen LogP contribution in [0.5, 0.6) is 0 Å². The van der Waals surface area contributed by atoms with Gasteiger partial charge in [0.15, 0.2) is 0 Å². The van der Waals surface area contributed by atoms with Crippen molar-refractivity contribution in [3.63, 3.8) is 0 Å². The molecule has 76 valence electrons. The lowest BCUT2D eigenvalue weighted by Gasteiger charge is -2.33. The van der Waals surface area contributed by atoms with Crippen molar-refractivity contribution in [3.05, 3.63) is 22.3 Å². The quantitative estimate of drug-likeness (QED) is 0.617. The molecule has 0 aromatic carbocycles. The van der Waals surface area contributed by atoms with E-state index in [1.807, 2.05) is 0 Å². The fourth-order valence-corrected chi connectivity index (χ4v) is 4.99. The summed E-state index contributed by atoms with van der Waals surface area (Å²) >= 11 is 0. The molecule has 13 heavy (non-hydrogen) atoms. The van der Waals surface area contributed by atoms with E-state index >= 15 is 0 Å². The summed E-state index contributed by atoms with van der Waals surface area (Å²) in [6.07, 6.45) is 4.36. The van der Waals surface area contributed by atoms with Gasteiger partial charge in [0.25, 0.3) is 0 Å². The van der Waals surface area contributed by atoms with E-state index in [9.17, 15) is 0 Å². The van der Waals surface area contributed by atoms with Crippen LogP contribution in [0.1, 0.15) is 27.7 Å². The molecular weight excluding hydrogens is 200 g/mol. The minimum Gasteiger partial charge on any atom is -0.158 e. The third-order valence-electron chi connectivity index (χ3n) is 3.09. The molecule has 0 saturated heterocycles. The summed E-state index contributed by atoms with van der Waals surface area (Å²) < 4.78 is 0. The van der Waals surface area contributed by atoms with Gasteiger partial charge in [-0.25, -0.2) is 0 Å². The van der Waals surface area contributed by atoms with E-state index in [1.54, 1.807) is 0 Å². The average Bonchev–Trinajstić information content (AvgIpc) is 2.14. The summed E-state index contributed by atoms with van der Waals surface area (Å²) in [5, 5.41) is 0.508. The maximum Gasteiger partial charge on any atom is 0.0433 e. The third-order valence-corrected chi connectivity index (χ3v) is 5.46. The number of halogens is 1. The van der Waals surface area contributed by atoms with E-state index in [1.165, 1.54) is 22.3 Å². The SMILES string of the molecule is CC1=C(C)C(S(C)(C)Cl)C(C)=C1C. The van der Waals surface area contributed by atoms with Crippen molar-refractivity contribution >= 4 is 19.9 Å². The Kier molecular flexibility index (Phi) is 2.89. The molecular formula is C11H19ClS. The second-order valence-electron chi connectivity index (χ2n) is 4.27. The van der Waals surface area contributed by atoms with Gasteiger partial charge in [0.05, 0.1) is 0 Å². The number of rotatable bonds is 1. The predicted octanol–water partition coefficient (Wildman–Crippen LogP) is 4.26. The van der Waals surface area contributed by atoms with Crippen LogP contribution in [-0.4, -0.2) is 17.8 Å². The van der Waals surface area contributed by atoms with E-state index < -0.39 is 9.24 Å². The van der Waals surface area contributed by atoms with Crippen molar-refractivity contribution in [3.8, 4) is 0 Å². The fraction of sp³-hybridized carbons (Fsp3) is 0.636. The highest BCUT2D eigenvalue weighted by molar-refractivity contribution is 8.50. The molecule has 2 heteroatoms. The van der Waals surface area contributed by atoms with Crippen molar-refractivity contribution in [1.29, 1.82) is 0 Å². The van der Waals surface area contributed by atoms with Gasteiger partial charge in [-0.15, -0.1) is 0 Å². The van der Waals surface area contributed by atoms with E-state index in [4.69, 9.17) is 10.7 Å². The van der Waals surface area contributed by atoms with Crippen molar-refractivity contribution in [2.45, 2.75) is 32.9 Å². The van der Waals surface area contributed by atoms with Gasteiger partial charge in [-0.05, 0) is 51.4 Å². The first-order valence-corrected chi connectivity index (χ1v) is 7.87. The van der Waals surface area contributed by atoms with E-state index in [2.05, 4.69) is 40.2 Å². The lowest BCUT2D eigenvalue weighted by atomic mass is 10.1. The van der Waals surface area contributed by atoms with Gasteiger partial charge in [-0.3, -0.25) is 0 Å². The first kappa shape index (κ1) is 11.2. The Bertz CT molecular complexity index is 268. The molecule has 0 N–H and O–H groups in total. The standard InChI is InChI=1S/C11H19ClS/c1-7-8(2)10(4)11(9(7)3)13(5,6)12/h11H,1-6H3. The van der Waals surface area contributed by atoms with Crippen molar-refractivity contribution in [1.82, 2.24) is 0 Å². The summed E-state index contributed by atoms with van der Waals surface area (Å²) in [6, 6.07) is 0. The molecule has 1 aliphatic rings. The fourth-order valence-electron chi connectivity index (χ4n) is 2.15. The van der Waals surface area contributed by atoms with Gasteiger partial charge < -0.3 is 0 Å². The topological polar surface area (TPSA) is 0 Å². The Morgan fingerprint density at radius 3 is 1.38 bits per heavy atom. The van der Waals surface area contributed by atoms with E-state index in [0.29, 0.717) is 5.25 Å². The van der Waals surface area contributed by atoms with Crippen molar-refractivity contribution < 1.29 is 0 Å². The molecule has 0 aliphatic heterocycles. The Balaban J connectivity index is 3.18. The molecule has 0 radical (unpaired) electrons. The molecule has 0 saturated carbocycles. The largest absolute Gasteiger partial charge is 0.158 e. The summed E-state index contributed by atoms with van der Waals surface area (Å²) in [5.74, 6) is 0. The molecule has 0 heterocycles. The van der Waals surface area contributed by atoms with Gasteiger partial charge in [0.1, 0.15) is 0 Å². The molecule has 0 nitrogen and oxygen atoms in total. The van der Waals surface area contributed by atoms with E-state index in [0.717, 1.165) is 0 Å². The summed E-state index contributed by atoms with van der Waals surface area (Å²) in [4.78, 5) is 0. The zero-order chi connectivity index (χ0) is 10.4. The van der Waals surface area contributed by atoms with Crippen molar-refractivity contribution in [2.75, 3.05) is 12.5 Å². The zero-order valence-corrected chi connectivity index (χ0v) is 10.9. The monoisotopic (exact) mass is 218 g/mol. The third kappa shape index (κ3) is 1.82. The van der Waals surface area contributed by atoms with Crippen LogP contribution in [-0.2, 0) is 0 Å². The summed E-state index contributed by atoms with van der Waals surface area (Å²) in [7, 11) is 5.46. The van der Waals surface area contributed by atoms with Crippen LogP contribution < -0.4 is 0 Å². The van der Waals surface area contributed by atoms with Crippen LogP contribution in [0.2, 0.25) is 0 Å². The number of hydrogen-bond donors (Lipinski definition) is 0. The Labute approximate surface area is 87.9 Å². The molecule has 0 bridgehead atoms. The zero-order valence-electron chi connectivity index (χ0n) is 9.36. The molecule has 1 rings (SSSR count). The van der Waals surface area contributed by atoms with Crippen molar-refractivity contribution in [2.24, 2.45) is 0 Å². The van der Waals surface area contributed by atoms with Crippen LogP contribution in [0.4, 0.5) is 0 Å². The maximum absolute atomic E-state index is 6.47. The van der Waals surface area contributed by atoms with Gasteiger partial charge in [0, 0.05) is 5.25 Å². The van der Waals surface area contributed by atoms with Gasteiger partial charge in [-0.1, -0.05) is 21.8 Å². The minimum absolute atomic E-state index is 0.508. The molecule has 0 spiro atoms. The molecule has 0 aromatic heterocycles. The molecule has 0 unspecified atom stereocenters. The first-order valence-electron chi connectivity index (χ1n) is 4.53. The van der Waals surface area contributed by atoms with Crippen LogP contribution >= 0.6 is 19.9 Å². The molecule has 0 fully saturated rings. The summed E-state index contributed by atoms with van der Waals surface area (Å²) in [6.45, 7) is 8.85. The highest BCUT2D eigenvalue weighted by Gasteiger charge is 2.32. The lowest BCUT2D eigenvalue weighted by Crippen LogP contribution is -2.13. The average molecular weight is 219 g/mol. The summed E-state index contributed by atoms with van der Waals surface area (Å²) in [5.41, 5.74) is 5.85. The maximum atomic E-state index is 6.47. The Hall–Kier alpha value is 0.120. The number of hydrogen-bond acceptors (Lipinski definition) is 0. The highest BCUT2D eigenvalue weighted by atomic mass is 35.7. The van der Waals surface area contributed by atoms with Crippen LogP contribution in [0.15, 0.2) is 22.3 Å². The highest BCUT2D eigenvalue weighted by Crippen LogP contribution is 2.58. The van der Waals surface area contributed by atoms with Crippen LogP contribution in [0.25, 0.3) is 0 Å². The first-order chi connectivity index (χ1) is 5.76. The van der Waals surface area contributed by atoms with Gasteiger partial charge >= 0.3 is 0 Å². The van der Waals surface area contributed by atoms with Crippen LogP contribution in [0, 0.1) is 0 Å². The predicted molar refractivity (Wildman–Crippen MR) is 65.8 cm³/mol. The minimum atomic E-state index is -1.01. The van der Waals surface area contributed by atoms with Gasteiger partial charge in [0.2, 0.25) is 0 Å². The van der Waals surface area contributed by atoms with Gasteiger partial charge in [-0.2, -0.15) is 9.24 Å². The molecule has 1 aliphatic carbocycles. The smallest absolute Gasteiger partial charge is 0.0433 e. The molecule has 0 atom stereocenters. The second-order valence-corrected chi connectivity index (χ2v) is 9.69. The second kappa shape index (κ2) is 3.36. The van der Waals surface area contributed by atoms with E-state index in [-0.39, 0.29) is 0 Å². The number of allylic oxidation sites excluding steroid dienone is 2. The Morgan fingerprint density at radius 2 is 1.23 bits per heavy atom. The normalized spacial score (nSPS) is 21.8.